The zero-order valence-corrected chi connectivity index (χ0v) is 31.5. The van der Waals surface area contributed by atoms with E-state index in [1.54, 1.807) is 0 Å². The quantitative estimate of drug-likeness (QED) is 0.0351. The second-order valence-electron chi connectivity index (χ2n) is 13.6. The minimum atomic E-state index is -4.30. The SMILES string of the molecule is CCCCCCC/C=C\C/C=C\C/C=C\CCCCCCCCCCC(=O)NC(CS(=O)(=O)O)C(O)CCCCCCCCCCC. The van der Waals surface area contributed by atoms with E-state index in [0.29, 0.717) is 12.8 Å². The van der Waals surface area contributed by atoms with Crippen molar-refractivity contribution in [2.75, 3.05) is 5.75 Å². The first kappa shape index (κ1) is 45.6. The Morgan fingerprint density at radius 3 is 1.40 bits per heavy atom. The highest BCUT2D eigenvalue weighted by Crippen LogP contribution is 2.15. The molecule has 3 N–H and O–H groups in total. The van der Waals surface area contributed by atoms with Crippen molar-refractivity contribution < 1.29 is 22.9 Å². The average Bonchev–Trinajstić information content (AvgIpc) is 3.03. The molecule has 7 heteroatoms. The van der Waals surface area contributed by atoms with E-state index in [4.69, 9.17) is 0 Å². The minimum Gasteiger partial charge on any atom is -0.391 e. The summed E-state index contributed by atoms with van der Waals surface area (Å²) in [7, 11) is -4.30. The molecule has 0 aliphatic rings. The Morgan fingerprint density at radius 2 is 0.957 bits per heavy atom. The van der Waals surface area contributed by atoms with Gasteiger partial charge in [0.1, 0.15) is 0 Å². The van der Waals surface area contributed by atoms with Gasteiger partial charge in [-0.1, -0.05) is 172 Å². The molecule has 6 nitrogen and oxygen atoms in total. The van der Waals surface area contributed by atoms with E-state index in [0.717, 1.165) is 57.8 Å². The van der Waals surface area contributed by atoms with E-state index in [1.165, 1.54) is 109 Å². The first-order valence-electron chi connectivity index (χ1n) is 19.7. The zero-order chi connectivity index (χ0) is 34.7. The van der Waals surface area contributed by atoms with Crippen LogP contribution in [0.4, 0.5) is 0 Å². The maximum atomic E-state index is 12.5. The lowest BCUT2D eigenvalue weighted by Gasteiger charge is -2.23. The molecule has 0 aromatic rings. The number of carbonyl (C=O) groups excluding carboxylic acids is 1. The van der Waals surface area contributed by atoms with E-state index >= 15 is 0 Å². The zero-order valence-electron chi connectivity index (χ0n) is 30.7. The van der Waals surface area contributed by atoms with E-state index in [-0.39, 0.29) is 5.91 Å². The van der Waals surface area contributed by atoms with Crippen molar-refractivity contribution in [3.05, 3.63) is 36.5 Å². The summed E-state index contributed by atoms with van der Waals surface area (Å²) in [5.74, 6) is -0.907. The van der Waals surface area contributed by atoms with Crippen LogP contribution in [0, 0.1) is 0 Å². The number of amides is 1. The highest BCUT2D eigenvalue weighted by Gasteiger charge is 2.26. The third-order valence-electron chi connectivity index (χ3n) is 8.85. The van der Waals surface area contributed by atoms with Gasteiger partial charge in [0.05, 0.1) is 17.9 Å². The van der Waals surface area contributed by atoms with Crippen molar-refractivity contribution in [1.82, 2.24) is 5.32 Å². The Kier molecular flexibility index (Phi) is 33.4. The Labute approximate surface area is 291 Å². The molecular weight excluding hydrogens is 607 g/mol. The summed E-state index contributed by atoms with van der Waals surface area (Å²) in [6.45, 7) is 4.47. The standard InChI is InChI=1S/C40H75NO5S/c1-3-5-7-9-11-13-14-15-16-17-18-19-20-21-22-23-24-25-26-28-30-32-34-36-40(43)41-38(37-47(44,45)46)39(42)35-33-31-29-27-12-10-8-6-4-2/h14-15,17-18,20-21,38-39,42H,3-13,16,19,22-37H2,1-2H3,(H,41,43)(H,44,45,46)/b15-14-,18-17-,21-20-. The van der Waals surface area contributed by atoms with Crippen molar-refractivity contribution in [3.8, 4) is 0 Å². The molecule has 0 fully saturated rings. The lowest BCUT2D eigenvalue weighted by molar-refractivity contribution is -0.122. The lowest BCUT2D eigenvalue weighted by Crippen LogP contribution is -2.47. The molecule has 2 atom stereocenters. The van der Waals surface area contributed by atoms with Gasteiger partial charge in [-0.2, -0.15) is 8.42 Å². The number of aliphatic hydroxyl groups excluding tert-OH is 1. The third kappa shape index (κ3) is 35.7. The Hall–Kier alpha value is -1.44. The Balaban J connectivity index is 3.83. The van der Waals surface area contributed by atoms with Crippen molar-refractivity contribution >= 4 is 16.0 Å². The number of hydrogen-bond acceptors (Lipinski definition) is 4. The molecule has 2 unspecified atom stereocenters. The summed E-state index contributed by atoms with van der Waals surface area (Å²) in [6, 6.07) is -0.972. The van der Waals surface area contributed by atoms with Crippen molar-refractivity contribution in [2.24, 2.45) is 0 Å². The molecule has 0 heterocycles. The lowest BCUT2D eigenvalue weighted by atomic mass is 10.0. The molecule has 0 bridgehead atoms. The van der Waals surface area contributed by atoms with E-state index < -0.39 is 28.0 Å². The first-order valence-corrected chi connectivity index (χ1v) is 21.3. The molecule has 0 aliphatic carbocycles. The molecule has 0 spiro atoms. The Morgan fingerprint density at radius 1 is 0.574 bits per heavy atom. The van der Waals surface area contributed by atoms with Gasteiger partial charge in [0, 0.05) is 6.42 Å². The van der Waals surface area contributed by atoms with Gasteiger partial charge in [-0.3, -0.25) is 9.35 Å². The fraction of sp³-hybridized carbons (Fsp3) is 0.825. The van der Waals surface area contributed by atoms with Crippen LogP contribution in [0.5, 0.6) is 0 Å². The topological polar surface area (TPSA) is 104 Å². The number of carbonyl (C=O) groups is 1. The highest BCUT2D eigenvalue weighted by molar-refractivity contribution is 7.85. The second-order valence-corrected chi connectivity index (χ2v) is 15.1. The van der Waals surface area contributed by atoms with Gasteiger partial charge >= 0.3 is 0 Å². The molecule has 0 aromatic carbocycles. The number of rotatable bonds is 35. The van der Waals surface area contributed by atoms with Crippen molar-refractivity contribution in [2.45, 2.75) is 206 Å². The van der Waals surface area contributed by atoms with E-state index in [2.05, 4.69) is 55.6 Å². The van der Waals surface area contributed by atoms with E-state index in [9.17, 15) is 22.9 Å². The van der Waals surface area contributed by atoms with Gasteiger partial charge in [0.2, 0.25) is 5.91 Å². The van der Waals surface area contributed by atoms with Crippen LogP contribution in [0.2, 0.25) is 0 Å². The minimum absolute atomic E-state index is 0.256. The molecule has 0 aromatic heterocycles. The van der Waals surface area contributed by atoms with Crippen molar-refractivity contribution in [1.29, 1.82) is 0 Å². The summed E-state index contributed by atoms with van der Waals surface area (Å²) in [4.78, 5) is 12.5. The van der Waals surface area contributed by atoms with Gasteiger partial charge in [0.15, 0.2) is 0 Å². The van der Waals surface area contributed by atoms with Gasteiger partial charge in [-0.05, 0) is 51.4 Å². The molecule has 47 heavy (non-hydrogen) atoms. The highest BCUT2D eigenvalue weighted by atomic mass is 32.2. The number of aliphatic hydroxyl groups is 1. The second kappa shape index (κ2) is 34.4. The van der Waals surface area contributed by atoms with Crippen LogP contribution in [0.1, 0.15) is 194 Å². The Bertz CT molecular complexity index is 883. The van der Waals surface area contributed by atoms with Crippen LogP contribution < -0.4 is 5.32 Å². The normalized spacial score (nSPS) is 13.7. The summed E-state index contributed by atoms with van der Waals surface area (Å²) >= 11 is 0. The van der Waals surface area contributed by atoms with Gasteiger partial charge < -0.3 is 10.4 Å². The molecule has 0 rings (SSSR count). The smallest absolute Gasteiger partial charge is 0.266 e. The number of unbranched alkanes of at least 4 members (excludes halogenated alkanes) is 21. The van der Waals surface area contributed by atoms with E-state index in [1.807, 2.05) is 0 Å². The van der Waals surface area contributed by atoms with Crippen LogP contribution in [0.3, 0.4) is 0 Å². The molecular formula is C40H75NO5S. The largest absolute Gasteiger partial charge is 0.391 e. The maximum absolute atomic E-state index is 12.5. The van der Waals surface area contributed by atoms with Crippen LogP contribution in [-0.2, 0) is 14.9 Å². The third-order valence-corrected chi connectivity index (χ3v) is 9.63. The summed E-state index contributed by atoms with van der Waals surface area (Å²) in [5, 5.41) is 13.3. The molecule has 0 radical (unpaired) electrons. The fourth-order valence-electron chi connectivity index (χ4n) is 5.87. The van der Waals surface area contributed by atoms with Gasteiger partial charge in [0.25, 0.3) is 10.1 Å². The molecule has 0 aliphatic heterocycles. The summed E-state index contributed by atoms with van der Waals surface area (Å²) < 4.78 is 32.4. The van der Waals surface area contributed by atoms with Crippen molar-refractivity contribution in [3.63, 3.8) is 0 Å². The molecule has 276 valence electrons. The average molecular weight is 682 g/mol. The summed E-state index contributed by atoms with van der Waals surface area (Å²) in [5.41, 5.74) is 0. The van der Waals surface area contributed by atoms with Crippen LogP contribution in [-0.4, -0.2) is 41.9 Å². The number of allylic oxidation sites excluding steroid dienone is 6. The first-order chi connectivity index (χ1) is 22.8. The fourth-order valence-corrected chi connectivity index (χ4v) is 6.63. The van der Waals surface area contributed by atoms with Crippen LogP contribution in [0.25, 0.3) is 0 Å². The monoisotopic (exact) mass is 682 g/mol. The maximum Gasteiger partial charge on any atom is 0.266 e. The van der Waals surface area contributed by atoms with Crippen LogP contribution in [0.15, 0.2) is 36.5 Å². The molecule has 0 saturated carbocycles. The predicted octanol–water partition coefficient (Wildman–Crippen LogP) is 11.4. The van der Waals surface area contributed by atoms with Crippen LogP contribution >= 0.6 is 0 Å². The molecule has 0 saturated heterocycles. The predicted molar refractivity (Wildman–Crippen MR) is 202 cm³/mol. The summed E-state index contributed by atoms with van der Waals surface area (Å²) in [6.07, 6.45) is 43.9. The van der Waals surface area contributed by atoms with Gasteiger partial charge in [-0.15, -0.1) is 0 Å². The van der Waals surface area contributed by atoms with Gasteiger partial charge in [-0.25, -0.2) is 0 Å². The number of nitrogens with one attached hydrogen (secondary N) is 1. The number of hydrogen-bond donors (Lipinski definition) is 3. The molecule has 1 amide bonds.